The third-order valence-electron chi connectivity index (χ3n) is 2.00. The SMILES string of the molecule is CCCNc1nc(OC(C)C)nc(SCCCO)n1. The van der Waals surface area contributed by atoms with Gasteiger partial charge in [-0.15, -0.1) is 0 Å². The molecule has 0 aromatic carbocycles. The van der Waals surface area contributed by atoms with Gasteiger partial charge in [0, 0.05) is 18.9 Å². The van der Waals surface area contributed by atoms with Crippen LogP contribution in [-0.4, -0.2) is 45.1 Å². The highest BCUT2D eigenvalue weighted by Crippen LogP contribution is 2.18. The zero-order valence-corrected chi connectivity index (χ0v) is 12.5. The third kappa shape index (κ3) is 6.58. The summed E-state index contributed by atoms with van der Waals surface area (Å²) in [6, 6.07) is 0.343. The first-order valence-electron chi connectivity index (χ1n) is 6.56. The number of rotatable bonds is 9. The fourth-order valence-electron chi connectivity index (χ4n) is 1.21. The number of thioether (sulfide) groups is 1. The quantitative estimate of drug-likeness (QED) is 0.530. The topological polar surface area (TPSA) is 80.2 Å². The number of anilines is 1. The van der Waals surface area contributed by atoms with Crippen LogP contribution in [0.1, 0.15) is 33.6 Å². The molecule has 19 heavy (non-hydrogen) atoms. The van der Waals surface area contributed by atoms with Crippen molar-refractivity contribution >= 4 is 17.7 Å². The molecule has 0 amide bonds. The highest BCUT2D eigenvalue weighted by molar-refractivity contribution is 7.99. The number of aliphatic hydroxyl groups is 1. The second-order valence-corrected chi connectivity index (χ2v) is 5.31. The van der Waals surface area contributed by atoms with Crippen LogP contribution in [0.3, 0.4) is 0 Å². The van der Waals surface area contributed by atoms with E-state index in [9.17, 15) is 0 Å². The van der Waals surface area contributed by atoms with Crippen LogP contribution in [0.15, 0.2) is 5.16 Å². The van der Waals surface area contributed by atoms with E-state index in [-0.39, 0.29) is 12.7 Å². The summed E-state index contributed by atoms with van der Waals surface area (Å²) in [5.41, 5.74) is 0. The van der Waals surface area contributed by atoms with E-state index in [0.717, 1.165) is 18.7 Å². The van der Waals surface area contributed by atoms with Crippen molar-refractivity contribution in [1.29, 1.82) is 0 Å². The number of nitrogens with zero attached hydrogens (tertiary/aromatic N) is 3. The number of aliphatic hydroxyl groups excluding tert-OH is 1. The van der Waals surface area contributed by atoms with E-state index >= 15 is 0 Å². The summed E-state index contributed by atoms with van der Waals surface area (Å²) >= 11 is 1.49. The maximum Gasteiger partial charge on any atom is 0.322 e. The van der Waals surface area contributed by atoms with Crippen LogP contribution in [0.4, 0.5) is 5.95 Å². The normalized spacial score (nSPS) is 10.8. The van der Waals surface area contributed by atoms with Crippen LogP contribution in [0.25, 0.3) is 0 Å². The molecule has 0 saturated carbocycles. The number of hydrogen-bond donors (Lipinski definition) is 2. The van der Waals surface area contributed by atoms with Crippen LogP contribution in [0.5, 0.6) is 6.01 Å². The smallest absolute Gasteiger partial charge is 0.322 e. The minimum atomic E-state index is 0.0247. The lowest BCUT2D eigenvalue weighted by Gasteiger charge is -2.10. The van der Waals surface area contributed by atoms with Crippen molar-refractivity contribution in [2.45, 2.75) is 44.9 Å². The summed E-state index contributed by atoms with van der Waals surface area (Å²) in [6.07, 6.45) is 1.74. The first kappa shape index (κ1) is 16.0. The van der Waals surface area contributed by atoms with Gasteiger partial charge in [-0.25, -0.2) is 0 Å². The largest absolute Gasteiger partial charge is 0.461 e. The van der Waals surface area contributed by atoms with Gasteiger partial charge in [0.25, 0.3) is 0 Å². The molecule has 1 aromatic heterocycles. The average molecular weight is 286 g/mol. The molecule has 0 saturated heterocycles. The van der Waals surface area contributed by atoms with Crippen LogP contribution < -0.4 is 10.1 Å². The van der Waals surface area contributed by atoms with E-state index in [4.69, 9.17) is 9.84 Å². The van der Waals surface area contributed by atoms with Crippen LogP contribution in [0, 0.1) is 0 Å². The van der Waals surface area contributed by atoms with Crippen molar-refractivity contribution < 1.29 is 9.84 Å². The fraction of sp³-hybridized carbons (Fsp3) is 0.750. The van der Waals surface area contributed by atoms with Gasteiger partial charge in [-0.1, -0.05) is 18.7 Å². The molecule has 0 radical (unpaired) electrons. The molecular weight excluding hydrogens is 264 g/mol. The summed E-state index contributed by atoms with van der Waals surface area (Å²) in [5.74, 6) is 1.31. The standard InChI is InChI=1S/C12H22N4O2S/c1-4-6-13-10-14-11(18-9(2)3)16-12(15-10)19-8-5-7-17/h9,17H,4-8H2,1-3H3,(H,13,14,15,16). The summed E-state index contributed by atoms with van der Waals surface area (Å²) in [5, 5.41) is 12.5. The van der Waals surface area contributed by atoms with Crippen LogP contribution in [-0.2, 0) is 0 Å². The second-order valence-electron chi connectivity index (χ2n) is 4.24. The number of ether oxygens (including phenoxy) is 1. The van der Waals surface area contributed by atoms with Crippen molar-refractivity contribution in [3.05, 3.63) is 0 Å². The predicted octanol–water partition coefficient (Wildman–Crippen LogP) is 1.96. The molecule has 7 heteroatoms. The van der Waals surface area contributed by atoms with E-state index in [1.807, 2.05) is 13.8 Å². The van der Waals surface area contributed by atoms with Gasteiger partial charge in [0.1, 0.15) is 0 Å². The molecule has 0 aliphatic heterocycles. The average Bonchev–Trinajstić information content (AvgIpc) is 2.36. The Morgan fingerprint density at radius 3 is 2.74 bits per heavy atom. The molecule has 6 nitrogen and oxygen atoms in total. The highest BCUT2D eigenvalue weighted by atomic mass is 32.2. The Labute approximate surface area is 118 Å². The Morgan fingerprint density at radius 2 is 2.11 bits per heavy atom. The highest BCUT2D eigenvalue weighted by Gasteiger charge is 2.09. The molecule has 108 valence electrons. The first-order valence-corrected chi connectivity index (χ1v) is 7.54. The minimum Gasteiger partial charge on any atom is -0.461 e. The Bertz CT molecular complexity index is 377. The van der Waals surface area contributed by atoms with Crippen LogP contribution in [0.2, 0.25) is 0 Å². The number of hydrogen-bond acceptors (Lipinski definition) is 7. The summed E-state index contributed by atoms with van der Waals surface area (Å²) in [7, 11) is 0. The van der Waals surface area contributed by atoms with Crippen molar-refractivity contribution in [2.75, 3.05) is 24.2 Å². The Balaban J connectivity index is 2.75. The van der Waals surface area contributed by atoms with E-state index in [0.29, 0.717) is 23.5 Å². The molecule has 2 N–H and O–H groups in total. The summed E-state index contributed by atoms with van der Waals surface area (Å²) in [6.45, 7) is 6.93. The van der Waals surface area contributed by atoms with Gasteiger partial charge in [-0.2, -0.15) is 15.0 Å². The summed E-state index contributed by atoms with van der Waals surface area (Å²) in [4.78, 5) is 12.8. The van der Waals surface area contributed by atoms with Gasteiger partial charge in [0.2, 0.25) is 5.95 Å². The monoisotopic (exact) mass is 286 g/mol. The summed E-state index contributed by atoms with van der Waals surface area (Å²) < 4.78 is 5.52. The molecule has 0 unspecified atom stereocenters. The second kappa shape index (κ2) is 8.92. The van der Waals surface area contributed by atoms with Gasteiger partial charge < -0.3 is 15.2 Å². The van der Waals surface area contributed by atoms with Gasteiger partial charge in [0.05, 0.1) is 6.10 Å². The predicted molar refractivity (Wildman–Crippen MR) is 76.8 cm³/mol. The maximum absolute atomic E-state index is 8.79. The fourth-order valence-corrected chi connectivity index (χ4v) is 1.96. The first-order chi connectivity index (χ1) is 9.15. The lowest BCUT2D eigenvalue weighted by Crippen LogP contribution is -2.12. The lowest BCUT2D eigenvalue weighted by molar-refractivity contribution is 0.219. The zero-order valence-electron chi connectivity index (χ0n) is 11.7. The molecule has 0 aliphatic rings. The Kier molecular flexibility index (Phi) is 7.50. The van der Waals surface area contributed by atoms with E-state index < -0.39 is 0 Å². The minimum absolute atomic E-state index is 0.0247. The number of aromatic nitrogens is 3. The number of nitrogens with one attached hydrogen (secondary N) is 1. The lowest BCUT2D eigenvalue weighted by atomic mass is 10.5. The maximum atomic E-state index is 8.79. The van der Waals surface area contributed by atoms with Crippen molar-refractivity contribution in [2.24, 2.45) is 0 Å². The van der Waals surface area contributed by atoms with Gasteiger partial charge >= 0.3 is 6.01 Å². The molecule has 0 bridgehead atoms. The molecule has 1 heterocycles. The van der Waals surface area contributed by atoms with Gasteiger partial charge in [-0.3, -0.25) is 0 Å². The molecule has 0 fully saturated rings. The van der Waals surface area contributed by atoms with E-state index in [1.54, 1.807) is 0 Å². The van der Waals surface area contributed by atoms with E-state index in [1.165, 1.54) is 11.8 Å². The van der Waals surface area contributed by atoms with Crippen LogP contribution >= 0.6 is 11.8 Å². The van der Waals surface area contributed by atoms with Gasteiger partial charge in [-0.05, 0) is 26.7 Å². The molecule has 1 aromatic rings. The molecule has 0 spiro atoms. The van der Waals surface area contributed by atoms with Crippen molar-refractivity contribution in [1.82, 2.24) is 15.0 Å². The zero-order chi connectivity index (χ0) is 14.1. The molecule has 1 rings (SSSR count). The van der Waals surface area contributed by atoms with Gasteiger partial charge in [0.15, 0.2) is 5.16 Å². The molecule has 0 aliphatic carbocycles. The molecular formula is C12H22N4O2S. The Hall–Kier alpha value is -1.08. The van der Waals surface area contributed by atoms with E-state index in [2.05, 4.69) is 27.2 Å². The van der Waals surface area contributed by atoms with Crippen molar-refractivity contribution in [3.63, 3.8) is 0 Å². The van der Waals surface area contributed by atoms with Crippen molar-refractivity contribution in [3.8, 4) is 6.01 Å². The third-order valence-corrected chi connectivity index (χ3v) is 2.94. The Morgan fingerprint density at radius 1 is 1.32 bits per heavy atom. The molecule has 0 atom stereocenters.